The highest BCUT2D eigenvalue weighted by molar-refractivity contribution is 6.30. The van der Waals surface area contributed by atoms with E-state index in [0.29, 0.717) is 29.9 Å². The summed E-state index contributed by atoms with van der Waals surface area (Å²) in [5.74, 6) is 1.13. The lowest BCUT2D eigenvalue weighted by Crippen LogP contribution is -2.40. The van der Waals surface area contributed by atoms with Crippen LogP contribution < -0.4 is 4.90 Å². The highest BCUT2D eigenvalue weighted by Gasteiger charge is 2.28. The van der Waals surface area contributed by atoms with E-state index < -0.39 is 11.7 Å². The monoisotopic (exact) mass is 442 g/mol. The van der Waals surface area contributed by atoms with E-state index in [1.165, 1.54) is 4.90 Å². The first-order chi connectivity index (χ1) is 14.7. The van der Waals surface area contributed by atoms with Gasteiger partial charge in [0.25, 0.3) is 0 Å². The van der Waals surface area contributed by atoms with Gasteiger partial charge in [0, 0.05) is 30.7 Å². The van der Waals surface area contributed by atoms with Crippen molar-refractivity contribution < 1.29 is 14.3 Å². The van der Waals surface area contributed by atoms with Crippen LogP contribution in [0.2, 0.25) is 5.15 Å². The lowest BCUT2D eigenvalue weighted by Gasteiger charge is -2.26. The number of carbonyl (C=O) groups is 2. The molecule has 4 rings (SSSR count). The number of hydrogen-bond acceptors (Lipinski definition) is 7. The van der Waals surface area contributed by atoms with Crippen LogP contribution in [0.1, 0.15) is 20.8 Å². The molecule has 10 heteroatoms. The summed E-state index contributed by atoms with van der Waals surface area (Å²) >= 11 is 6.04. The molecule has 162 valence electrons. The molecule has 0 radical (unpaired) electrons. The summed E-state index contributed by atoms with van der Waals surface area (Å²) in [6.45, 7) is 6.39. The normalized spacial score (nSPS) is 15.3. The molecule has 0 aliphatic carbocycles. The summed E-state index contributed by atoms with van der Waals surface area (Å²) in [4.78, 5) is 37.0. The van der Waals surface area contributed by atoms with Gasteiger partial charge in [-0.15, -0.1) is 0 Å². The Morgan fingerprint density at radius 2 is 1.90 bits per heavy atom. The number of anilines is 1. The van der Waals surface area contributed by atoms with E-state index in [2.05, 4.69) is 10.1 Å². The number of nitrogens with zero attached hydrogens (tertiary/aromatic N) is 6. The first-order valence-corrected chi connectivity index (χ1v) is 10.3. The summed E-state index contributed by atoms with van der Waals surface area (Å²) in [6.07, 6.45) is 2.86. The van der Waals surface area contributed by atoms with Crippen LogP contribution in [0, 0.1) is 0 Å². The third kappa shape index (κ3) is 4.77. The van der Waals surface area contributed by atoms with Crippen molar-refractivity contribution in [1.29, 1.82) is 0 Å². The number of amides is 1. The smallest absolute Gasteiger partial charge is 0.410 e. The van der Waals surface area contributed by atoms with E-state index in [0.717, 1.165) is 10.9 Å². The standard InChI is InChI=1S/C21H23ClN6O3/c1-21(2,3)31-20(30)27-8-7-26(12-15(29)13-27)18-5-4-6-19(25-18)28-16-9-17(22)23-10-14(16)11-24-28/h4-6,9-11H,7-8,12-13H2,1-3H3. The zero-order chi connectivity index (χ0) is 22.2. The van der Waals surface area contributed by atoms with Gasteiger partial charge in [-0.05, 0) is 32.9 Å². The number of rotatable bonds is 2. The van der Waals surface area contributed by atoms with Gasteiger partial charge < -0.3 is 9.64 Å². The molecule has 0 unspecified atom stereocenters. The molecule has 3 aromatic heterocycles. The lowest BCUT2D eigenvalue weighted by molar-refractivity contribution is -0.118. The summed E-state index contributed by atoms with van der Waals surface area (Å²) in [5.41, 5.74) is 0.167. The number of halogens is 1. The largest absolute Gasteiger partial charge is 0.444 e. The molecule has 1 aliphatic heterocycles. The highest BCUT2D eigenvalue weighted by Crippen LogP contribution is 2.22. The van der Waals surface area contributed by atoms with Crippen LogP contribution in [0.4, 0.5) is 10.6 Å². The SMILES string of the molecule is CC(C)(C)OC(=O)N1CCN(c2cccc(-n3ncc4cnc(Cl)cc43)n2)CC(=O)C1. The van der Waals surface area contributed by atoms with Crippen molar-refractivity contribution >= 4 is 40.2 Å². The van der Waals surface area contributed by atoms with Gasteiger partial charge in [0.2, 0.25) is 0 Å². The molecule has 4 heterocycles. The molecule has 0 spiro atoms. The Hall–Kier alpha value is -3.20. The number of carbonyl (C=O) groups excluding carboxylic acids is 2. The van der Waals surface area contributed by atoms with Crippen molar-refractivity contribution in [1.82, 2.24) is 24.6 Å². The number of aromatic nitrogens is 4. The van der Waals surface area contributed by atoms with Gasteiger partial charge >= 0.3 is 6.09 Å². The fraction of sp³-hybridized carbons (Fsp3) is 0.381. The average Bonchev–Trinajstić information content (AvgIpc) is 3.00. The first-order valence-electron chi connectivity index (χ1n) is 9.91. The Kier molecular flexibility index (Phi) is 5.53. The van der Waals surface area contributed by atoms with Crippen molar-refractivity contribution in [2.45, 2.75) is 26.4 Å². The molecule has 1 saturated heterocycles. The van der Waals surface area contributed by atoms with Crippen molar-refractivity contribution in [2.75, 3.05) is 31.1 Å². The van der Waals surface area contributed by atoms with Crippen LogP contribution in [0.15, 0.2) is 36.7 Å². The minimum atomic E-state index is -0.618. The van der Waals surface area contributed by atoms with Gasteiger partial charge in [0.05, 0.1) is 24.8 Å². The third-order valence-electron chi connectivity index (χ3n) is 4.71. The van der Waals surface area contributed by atoms with Crippen LogP contribution in [0.3, 0.4) is 0 Å². The van der Waals surface area contributed by atoms with Gasteiger partial charge in [-0.2, -0.15) is 5.10 Å². The molecular weight excluding hydrogens is 420 g/mol. The predicted molar refractivity (Wildman–Crippen MR) is 117 cm³/mol. The molecule has 0 atom stereocenters. The quantitative estimate of drug-likeness (QED) is 0.563. The van der Waals surface area contributed by atoms with Gasteiger partial charge in [-0.1, -0.05) is 17.7 Å². The maximum absolute atomic E-state index is 12.5. The summed E-state index contributed by atoms with van der Waals surface area (Å²) in [5, 5.41) is 5.60. The van der Waals surface area contributed by atoms with Gasteiger partial charge in [0.15, 0.2) is 11.6 Å². The van der Waals surface area contributed by atoms with E-state index in [1.807, 2.05) is 23.1 Å². The molecule has 0 bridgehead atoms. The zero-order valence-electron chi connectivity index (χ0n) is 17.6. The molecule has 1 aliphatic rings. The molecule has 0 aromatic carbocycles. The number of Topliss-reactive ketones (excluding diaryl/α,β-unsaturated/α-hetero) is 1. The van der Waals surface area contributed by atoms with Crippen LogP contribution in [-0.2, 0) is 9.53 Å². The molecule has 3 aromatic rings. The average molecular weight is 443 g/mol. The minimum Gasteiger partial charge on any atom is -0.444 e. The van der Waals surface area contributed by atoms with E-state index in [4.69, 9.17) is 21.3 Å². The van der Waals surface area contributed by atoms with E-state index >= 15 is 0 Å². The highest BCUT2D eigenvalue weighted by atomic mass is 35.5. The Balaban J connectivity index is 1.57. The number of hydrogen-bond donors (Lipinski definition) is 0. The zero-order valence-corrected chi connectivity index (χ0v) is 18.3. The lowest BCUT2D eigenvalue weighted by atomic mass is 10.2. The van der Waals surface area contributed by atoms with E-state index in [9.17, 15) is 9.59 Å². The molecular formula is C21H23ClN6O3. The van der Waals surface area contributed by atoms with Crippen LogP contribution in [-0.4, -0.2) is 68.3 Å². The topological polar surface area (TPSA) is 93.4 Å². The Bertz CT molecular complexity index is 1140. The Morgan fingerprint density at radius 1 is 1.13 bits per heavy atom. The van der Waals surface area contributed by atoms with Crippen molar-refractivity contribution in [3.63, 3.8) is 0 Å². The third-order valence-corrected chi connectivity index (χ3v) is 4.91. The van der Waals surface area contributed by atoms with Crippen LogP contribution >= 0.6 is 11.6 Å². The Labute approximate surface area is 184 Å². The molecule has 0 N–H and O–H groups in total. The second-order valence-corrected chi connectivity index (χ2v) is 8.73. The summed E-state index contributed by atoms with van der Waals surface area (Å²) < 4.78 is 7.09. The van der Waals surface area contributed by atoms with Gasteiger partial charge in [-0.3, -0.25) is 9.69 Å². The van der Waals surface area contributed by atoms with E-state index in [1.54, 1.807) is 43.9 Å². The molecule has 1 amide bonds. The van der Waals surface area contributed by atoms with Crippen molar-refractivity contribution in [2.24, 2.45) is 0 Å². The number of ether oxygens (including phenoxy) is 1. The second-order valence-electron chi connectivity index (χ2n) is 8.34. The Morgan fingerprint density at radius 3 is 2.68 bits per heavy atom. The molecule has 9 nitrogen and oxygen atoms in total. The molecule has 31 heavy (non-hydrogen) atoms. The maximum atomic E-state index is 12.5. The fourth-order valence-corrected chi connectivity index (χ4v) is 3.49. The van der Waals surface area contributed by atoms with Crippen LogP contribution in [0.25, 0.3) is 16.7 Å². The van der Waals surface area contributed by atoms with Crippen LogP contribution in [0.5, 0.6) is 0 Å². The number of fused-ring (bicyclic) bond motifs is 1. The summed E-state index contributed by atoms with van der Waals surface area (Å²) in [6, 6.07) is 7.25. The number of pyridine rings is 2. The summed E-state index contributed by atoms with van der Waals surface area (Å²) in [7, 11) is 0. The fourth-order valence-electron chi connectivity index (χ4n) is 3.34. The minimum absolute atomic E-state index is 0.0143. The van der Waals surface area contributed by atoms with E-state index in [-0.39, 0.29) is 18.9 Å². The molecule has 0 saturated carbocycles. The second kappa shape index (κ2) is 8.14. The van der Waals surface area contributed by atoms with Gasteiger partial charge in [-0.25, -0.2) is 19.4 Å². The predicted octanol–water partition coefficient (Wildman–Crippen LogP) is 3.10. The van der Waals surface area contributed by atoms with Gasteiger partial charge in [0.1, 0.15) is 16.6 Å². The molecule has 1 fully saturated rings. The first kappa shape index (κ1) is 21.0. The maximum Gasteiger partial charge on any atom is 0.410 e. The number of ketones is 1. The van der Waals surface area contributed by atoms with Crippen molar-refractivity contribution in [3.8, 4) is 5.82 Å². The van der Waals surface area contributed by atoms with Crippen molar-refractivity contribution in [3.05, 3.63) is 41.8 Å².